The molecule has 2 aromatic heterocycles. The molecule has 0 fully saturated rings. The number of tetrazole rings is 1. The maximum atomic E-state index is 13.2. The number of hydrogen-bond donors (Lipinski definition) is 1. The normalized spacial score (nSPS) is 14.0. The predicted molar refractivity (Wildman–Crippen MR) is 142 cm³/mol. The van der Waals surface area contributed by atoms with Gasteiger partial charge in [0.2, 0.25) is 6.79 Å². The summed E-state index contributed by atoms with van der Waals surface area (Å²) in [5.74, 6) is 2.28. The zero-order valence-electron chi connectivity index (χ0n) is 22.1. The van der Waals surface area contributed by atoms with Crippen molar-refractivity contribution < 1.29 is 9.47 Å². The van der Waals surface area contributed by atoms with Crippen LogP contribution in [0.15, 0.2) is 47.3 Å². The van der Waals surface area contributed by atoms with Crippen LogP contribution in [0.3, 0.4) is 0 Å². The highest BCUT2D eigenvalue weighted by Crippen LogP contribution is 2.35. The van der Waals surface area contributed by atoms with Crippen LogP contribution in [0, 0.1) is 6.92 Å². The van der Waals surface area contributed by atoms with Gasteiger partial charge in [-0.25, -0.2) is 4.68 Å². The molecule has 9 nitrogen and oxygen atoms in total. The molecule has 0 radical (unpaired) electrons. The van der Waals surface area contributed by atoms with Crippen LogP contribution < -0.4 is 15.0 Å². The fourth-order valence-corrected chi connectivity index (χ4v) is 4.83. The van der Waals surface area contributed by atoms with Gasteiger partial charge in [0.25, 0.3) is 5.56 Å². The number of fused-ring (bicyclic) bond motifs is 2. The first-order valence-corrected chi connectivity index (χ1v) is 12.8. The van der Waals surface area contributed by atoms with E-state index in [4.69, 9.17) is 9.47 Å². The van der Waals surface area contributed by atoms with Crippen molar-refractivity contribution in [3.8, 4) is 11.5 Å². The number of rotatable bonds is 9. The number of aromatic amines is 1. The third-order valence-electron chi connectivity index (χ3n) is 7.33. The summed E-state index contributed by atoms with van der Waals surface area (Å²) < 4.78 is 13.1. The number of ether oxygens (including phenoxy) is 2. The molecule has 2 aromatic carbocycles. The maximum absolute atomic E-state index is 13.2. The molecule has 0 saturated carbocycles. The van der Waals surface area contributed by atoms with E-state index in [1.54, 1.807) is 0 Å². The van der Waals surface area contributed by atoms with E-state index in [0.717, 1.165) is 52.2 Å². The highest BCUT2D eigenvalue weighted by Gasteiger charge is 2.31. The molecule has 1 aliphatic heterocycles. The van der Waals surface area contributed by atoms with Gasteiger partial charge in [-0.1, -0.05) is 32.0 Å². The molecule has 1 aliphatic rings. The maximum Gasteiger partial charge on any atom is 0.252 e. The molecule has 3 heterocycles. The Balaban J connectivity index is 1.56. The lowest BCUT2D eigenvalue weighted by Gasteiger charge is -2.33. The minimum Gasteiger partial charge on any atom is -0.454 e. The Kier molecular flexibility index (Phi) is 6.72. The first kappa shape index (κ1) is 25.0. The molecule has 0 unspecified atom stereocenters. The lowest BCUT2D eigenvalue weighted by molar-refractivity contribution is 0.150. The van der Waals surface area contributed by atoms with Gasteiger partial charge >= 0.3 is 0 Å². The van der Waals surface area contributed by atoms with Crippen molar-refractivity contribution >= 4 is 10.9 Å². The van der Waals surface area contributed by atoms with Gasteiger partial charge in [-0.15, -0.1) is 5.10 Å². The van der Waals surface area contributed by atoms with Crippen LogP contribution in [0.4, 0.5) is 0 Å². The Morgan fingerprint density at radius 3 is 2.68 bits per heavy atom. The second kappa shape index (κ2) is 9.97. The average molecular weight is 503 g/mol. The lowest BCUT2D eigenvalue weighted by atomic mass is 10.0. The molecular weight excluding hydrogens is 468 g/mol. The number of nitrogens with zero attached hydrogens (tertiary/aromatic N) is 5. The first-order valence-electron chi connectivity index (χ1n) is 12.8. The Bertz CT molecular complexity index is 1470. The molecular formula is C28H34N6O3. The van der Waals surface area contributed by atoms with Gasteiger partial charge in [-0.2, -0.15) is 0 Å². The number of aryl methyl sites for hydroxylation is 1. The Hall–Kier alpha value is -3.72. The van der Waals surface area contributed by atoms with Crippen molar-refractivity contribution in [1.82, 2.24) is 30.1 Å². The van der Waals surface area contributed by atoms with Crippen LogP contribution in [0.5, 0.6) is 11.5 Å². The standard InChI is InChI=1S/C28H34N6O3/c1-6-23(26-30-31-32-34(26)28(4,5)7-2)33(15-19-9-11-24-25(13-19)37-17-36-24)16-21-14-20-10-8-18(3)12-22(20)29-27(21)35/h8-14,23H,6-7,15-17H2,1-5H3,(H,29,35)/t23-/m1/s1. The highest BCUT2D eigenvalue weighted by atomic mass is 16.7. The van der Waals surface area contributed by atoms with Gasteiger partial charge < -0.3 is 14.5 Å². The van der Waals surface area contributed by atoms with Crippen molar-refractivity contribution in [1.29, 1.82) is 0 Å². The predicted octanol–water partition coefficient (Wildman–Crippen LogP) is 4.85. The van der Waals surface area contributed by atoms with Crippen LogP contribution in [0.25, 0.3) is 10.9 Å². The van der Waals surface area contributed by atoms with E-state index in [-0.39, 0.29) is 23.9 Å². The third kappa shape index (κ3) is 4.96. The van der Waals surface area contributed by atoms with Crippen molar-refractivity contribution in [2.45, 2.75) is 72.1 Å². The van der Waals surface area contributed by atoms with Gasteiger partial charge in [-0.05, 0) is 84.8 Å². The Morgan fingerprint density at radius 2 is 1.89 bits per heavy atom. The zero-order chi connectivity index (χ0) is 26.2. The minimum atomic E-state index is -0.241. The van der Waals surface area contributed by atoms with Crippen LogP contribution >= 0.6 is 0 Å². The first-order chi connectivity index (χ1) is 17.8. The van der Waals surface area contributed by atoms with Crippen LogP contribution in [-0.4, -0.2) is 36.9 Å². The monoisotopic (exact) mass is 502 g/mol. The smallest absolute Gasteiger partial charge is 0.252 e. The molecule has 0 bridgehead atoms. The quantitative estimate of drug-likeness (QED) is 0.349. The van der Waals surface area contributed by atoms with Gasteiger partial charge in [0.1, 0.15) is 0 Å². The van der Waals surface area contributed by atoms with Crippen LogP contribution in [-0.2, 0) is 18.6 Å². The molecule has 0 aliphatic carbocycles. The van der Waals surface area contributed by atoms with Gasteiger partial charge in [-0.3, -0.25) is 9.69 Å². The fraction of sp³-hybridized carbons (Fsp3) is 0.429. The molecule has 5 rings (SSSR count). The van der Waals surface area contributed by atoms with Gasteiger partial charge in [0.05, 0.1) is 11.6 Å². The molecule has 0 saturated heterocycles. The number of aromatic nitrogens is 5. The summed E-state index contributed by atoms with van der Waals surface area (Å²) >= 11 is 0. The molecule has 4 aromatic rings. The van der Waals surface area contributed by atoms with E-state index >= 15 is 0 Å². The summed E-state index contributed by atoms with van der Waals surface area (Å²) in [5, 5.41) is 13.9. The number of pyridine rings is 1. The van der Waals surface area contributed by atoms with Crippen molar-refractivity contribution in [3.63, 3.8) is 0 Å². The second-order valence-corrected chi connectivity index (χ2v) is 10.3. The topological polar surface area (TPSA) is 98.2 Å². The number of H-pyrrole nitrogens is 1. The van der Waals surface area contributed by atoms with Crippen molar-refractivity contribution in [2.75, 3.05) is 6.79 Å². The molecule has 1 N–H and O–H groups in total. The number of hydrogen-bond acceptors (Lipinski definition) is 7. The summed E-state index contributed by atoms with van der Waals surface area (Å²) in [5.41, 5.74) is 3.38. The van der Waals surface area contributed by atoms with Crippen LogP contribution in [0.1, 0.15) is 69.1 Å². The Morgan fingerprint density at radius 1 is 1.08 bits per heavy atom. The molecule has 9 heteroatoms. The number of benzene rings is 2. The minimum absolute atomic E-state index is 0.0860. The molecule has 194 valence electrons. The van der Waals surface area contributed by atoms with Crippen LogP contribution in [0.2, 0.25) is 0 Å². The highest BCUT2D eigenvalue weighted by molar-refractivity contribution is 5.79. The largest absolute Gasteiger partial charge is 0.454 e. The molecule has 0 spiro atoms. The second-order valence-electron chi connectivity index (χ2n) is 10.3. The van der Waals surface area contributed by atoms with E-state index in [1.165, 1.54) is 0 Å². The summed E-state index contributed by atoms with van der Waals surface area (Å²) in [6.07, 6.45) is 1.66. The van der Waals surface area contributed by atoms with E-state index in [2.05, 4.69) is 59.2 Å². The summed E-state index contributed by atoms with van der Waals surface area (Å²) in [6.45, 7) is 11.8. The summed E-state index contributed by atoms with van der Waals surface area (Å²) in [7, 11) is 0. The molecule has 37 heavy (non-hydrogen) atoms. The lowest BCUT2D eigenvalue weighted by Crippen LogP contribution is -2.36. The van der Waals surface area contributed by atoms with Crippen molar-refractivity contribution in [3.05, 3.63) is 75.3 Å². The third-order valence-corrected chi connectivity index (χ3v) is 7.33. The zero-order valence-corrected chi connectivity index (χ0v) is 22.1. The van der Waals surface area contributed by atoms with Gasteiger partial charge in [0, 0.05) is 24.2 Å². The van der Waals surface area contributed by atoms with E-state index in [1.807, 2.05) is 48.0 Å². The van der Waals surface area contributed by atoms with E-state index in [9.17, 15) is 4.79 Å². The Labute approximate surface area is 216 Å². The molecule has 1 atom stereocenters. The van der Waals surface area contributed by atoms with Gasteiger partial charge in [0.15, 0.2) is 17.3 Å². The fourth-order valence-electron chi connectivity index (χ4n) is 4.83. The average Bonchev–Trinajstić information content (AvgIpc) is 3.55. The summed E-state index contributed by atoms with van der Waals surface area (Å²) in [6, 6.07) is 14.0. The molecule has 0 amide bonds. The van der Waals surface area contributed by atoms with E-state index in [0.29, 0.717) is 18.7 Å². The SMILES string of the molecule is CC[C@H](c1nnnn1C(C)(C)CC)N(Cc1ccc2c(c1)OCO2)Cc1cc2ccc(C)cc2[nH]c1=O. The summed E-state index contributed by atoms with van der Waals surface area (Å²) in [4.78, 5) is 18.5. The van der Waals surface area contributed by atoms with E-state index < -0.39 is 0 Å². The number of nitrogens with one attached hydrogen (secondary N) is 1. The van der Waals surface area contributed by atoms with Crippen molar-refractivity contribution in [2.24, 2.45) is 0 Å².